The molecule has 0 spiro atoms. The van der Waals surface area contributed by atoms with Crippen molar-refractivity contribution in [2.75, 3.05) is 13.1 Å². The highest BCUT2D eigenvalue weighted by Gasteiger charge is 2.42. The molecule has 18 heavy (non-hydrogen) atoms. The van der Waals surface area contributed by atoms with Gasteiger partial charge in [-0.15, -0.1) is 0 Å². The van der Waals surface area contributed by atoms with Gasteiger partial charge in [-0.2, -0.15) is 0 Å². The minimum absolute atomic E-state index is 0.0415. The van der Waals surface area contributed by atoms with Gasteiger partial charge in [0.1, 0.15) is 0 Å². The first kappa shape index (κ1) is 13.9. The van der Waals surface area contributed by atoms with Crippen LogP contribution in [0, 0.1) is 5.92 Å². The topological polar surface area (TPSA) is 32.3 Å². The van der Waals surface area contributed by atoms with Crippen molar-refractivity contribution >= 4 is 5.91 Å². The van der Waals surface area contributed by atoms with E-state index in [-0.39, 0.29) is 17.0 Å². The summed E-state index contributed by atoms with van der Waals surface area (Å²) in [6, 6.07) is 0. The summed E-state index contributed by atoms with van der Waals surface area (Å²) in [6.45, 7) is 10.4. The van der Waals surface area contributed by atoms with E-state index in [0.717, 1.165) is 25.9 Å². The van der Waals surface area contributed by atoms with Gasteiger partial charge in [-0.3, -0.25) is 4.79 Å². The van der Waals surface area contributed by atoms with Crippen LogP contribution in [0.25, 0.3) is 0 Å². The van der Waals surface area contributed by atoms with E-state index >= 15 is 0 Å². The Balaban J connectivity index is 2.10. The fourth-order valence-corrected chi connectivity index (χ4v) is 3.16. The summed E-state index contributed by atoms with van der Waals surface area (Å²) in [7, 11) is 0. The molecule has 1 amide bonds. The molecule has 2 aliphatic rings. The zero-order valence-electron chi connectivity index (χ0n) is 12.4. The van der Waals surface area contributed by atoms with Crippen molar-refractivity contribution in [2.24, 2.45) is 5.92 Å². The third-order valence-corrected chi connectivity index (χ3v) is 4.50. The van der Waals surface area contributed by atoms with Gasteiger partial charge >= 0.3 is 0 Å². The second-order valence-corrected chi connectivity index (χ2v) is 7.31. The molecule has 0 radical (unpaired) electrons. The number of carbonyl (C=O) groups excluding carboxylic acids is 1. The molecule has 1 saturated carbocycles. The molecule has 3 heteroatoms. The number of rotatable bonds is 1. The molecule has 0 aromatic carbocycles. The van der Waals surface area contributed by atoms with Crippen molar-refractivity contribution in [2.45, 2.75) is 70.9 Å². The van der Waals surface area contributed by atoms with Crippen molar-refractivity contribution in [1.82, 2.24) is 10.2 Å². The monoisotopic (exact) mass is 252 g/mol. The summed E-state index contributed by atoms with van der Waals surface area (Å²) >= 11 is 0. The van der Waals surface area contributed by atoms with Gasteiger partial charge in [0.05, 0.1) is 0 Å². The lowest BCUT2D eigenvalue weighted by Crippen LogP contribution is -2.68. The van der Waals surface area contributed by atoms with Crippen molar-refractivity contribution in [3.8, 4) is 0 Å². The van der Waals surface area contributed by atoms with E-state index in [1.54, 1.807) is 0 Å². The molecule has 2 rings (SSSR count). The van der Waals surface area contributed by atoms with Crippen LogP contribution in [0.2, 0.25) is 0 Å². The minimum Gasteiger partial charge on any atom is -0.334 e. The molecule has 0 unspecified atom stereocenters. The lowest BCUT2D eigenvalue weighted by Gasteiger charge is -2.50. The number of nitrogens with zero attached hydrogens (tertiary/aromatic N) is 1. The smallest absolute Gasteiger partial charge is 0.226 e. The normalized spacial score (nSPS) is 28.1. The van der Waals surface area contributed by atoms with Gasteiger partial charge < -0.3 is 10.2 Å². The third kappa shape index (κ3) is 2.87. The predicted octanol–water partition coefficient (Wildman–Crippen LogP) is 2.56. The molecule has 104 valence electrons. The van der Waals surface area contributed by atoms with Crippen LogP contribution < -0.4 is 5.32 Å². The highest BCUT2D eigenvalue weighted by molar-refractivity contribution is 5.80. The van der Waals surface area contributed by atoms with E-state index in [9.17, 15) is 4.79 Å². The molecule has 2 fully saturated rings. The van der Waals surface area contributed by atoms with E-state index in [4.69, 9.17) is 0 Å². The molecule has 0 atom stereocenters. The first-order chi connectivity index (χ1) is 8.32. The summed E-state index contributed by atoms with van der Waals surface area (Å²) in [5.41, 5.74) is -0.0100. The Morgan fingerprint density at radius 3 is 2.33 bits per heavy atom. The Bertz CT molecular complexity index is 316. The fourth-order valence-electron chi connectivity index (χ4n) is 3.16. The quantitative estimate of drug-likeness (QED) is 0.778. The summed E-state index contributed by atoms with van der Waals surface area (Å²) < 4.78 is 0. The van der Waals surface area contributed by atoms with Gasteiger partial charge in [0.25, 0.3) is 0 Å². The zero-order valence-corrected chi connectivity index (χ0v) is 12.4. The van der Waals surface area contributed by atoms with Crippen LogP contribution in [-0.4, -0.2) is 35.0 Å². The number of carbonyl (C=O) groups is 1. The van der Waals surface area contributed by atoms with Crippen LogP contribution in [0.3, 0.4) is 0 Å². The van der Waals surface area contributed by atoms with E-state index < -0.39 is 0 Å². The fraction of sp³-hybridized carbons (Fsp3) is 0.933. The highest BCUT2D eigenvalue weighted by atomic mass is 16.2. The lowest BCUT2D eigenvalue weighted by atomic mass is 9.84. The SMILES string of the molecule is CC1(C)CN(C(=O)C2CCCCC2)C(C)(C)CN1. The number of piperazine rings is 1. The molecular formula is C15H28N2O. The van der Waals surface area contributed by atoms with Gasteiger partial charge in [-0.25, -0.2) is 0 Å². The molecule has 0 aromatic heterocycles. The Labute approximate surface area is 111 Å². The van der Waals surface area contributed by atoms with Crippen LogP contribution >= 0.6 is 0 Å². The first-order valence-corrected chi connectivity index (χ1v) is 7.38. The van der Waals surface area contributed by atoms with Crippen molar-refractivity contribution in [3.63, 3.8) is 0 Å². The van der Waals surface area contributed by atoms with E-state index in [1.165, 1.54) is 19.3 Å². The molecule has 0 aromatic rings. The van der Waals surface area contributed by atoms with E-state index in [1.807, 2.05) is 0 Å². The minimum atomic E-state index is -0.0515. The van der Waals surface area contributed by atoms with Crippen molar-refractivity contribution in [1.29, 1.82) is 0 Å². The van der Waals surface area contributed by atoms with E-state index in [2.05, 4.69) is 37.9 Å². The largest absolute Gasteiger partial charge is 0.334 e. The Morgan fingerprint density at radius 1 is 1.11 bits per heavy atom. The number of nitrogens with one attached hydrogen (secondary N) is 1. The van der Waals surface area contributed by atoms with Crippen LogP contribution in [-0.2, 0) is 4.79 Å². The maximum absolute atomic E-state index is 12.8. The average Bonchev–Trinajstić information content (AvgIpc) is 2.33. The molecule has 1 aliphatic carbocycles. The van der Waals surface area contributed by atoms with Crippen molar-refractivity contribution < 1.29 is 4.79 Å². The molecule has 1 heterocycles. The maximum Gasteiger partial charge on any atom is 0.226 e. The Kier molecular flexibility index (Phi) is 3.72. The number of hydrogen-bond donors (Lipinski definition) is 1. The van der Waals surface area contributed by atoms with Crippen LogP contribution in [0.1, 0.15) is 59.8 Å². The molecule has 1 saturated heterocycles. The van der Waals surface area contributed by atoms with E-state index in [0.29, 0.717) is 5.91 Å². The summed E-state index contributed by atoms with van der Waals surface area (Å²) in [4.78, 5) is 14.9. The number of hydrogen-bond acceptors (Lipinski definition) is 2. The summed E-state index contributed by atoms with van der Waals surface area (Å²) in [6.07, 6.45) is 5.96. The maximum atomic E-state index is 12.8. The van der Waals surface area contributed by atoms with Gasteiger partial charge in [-0.1, -0.05) is 19.3 Å². The van der Waals surface area contributed by atoms with Gasteiger partial charge in [0.2, 0.25) is 5.91 Å². The Morgan fingerprint density at radius 2 is 1.72 bits per heavy atom. The van der Waals surface area contributed by atoms with Crippen LogP contribution in [0.4, 0.5) is 0 Å². The molecular weight excluding hydrogens is 224 g/mol. The summed E-state index contributed by atoms with van der Waals surface area (Å²) in [5, 5.41) is 3.54. The summed E-state index contributed by atoms with van der Waals surface area (Å²) in [5.74, 6) is 0.682. The standard InChI is InChI=1S/C15H28N2O/c1-14(2)11-17(15(3,4)10-16-14)13(18)12-8-6-5-7-9-12/h12,16H,5-11H2,1-4H3. The lowest BCUT2D eigenvalue weighted by molar-refractivity contribution is -0.145. The Hall–Kier alpha value is -0.570. The van der Waals surface area contributed by atoms with Gasteiger partial charge in [0.15, 0.2) is 0 Å². The molecule has 0 bridgehead atoms. The second-order valence-electron chi connectivity index (χ2n) is 7.31. The van der Waals surface area contributed by atoms with Gasteiger partial charge in [0, 0.05) is 30.1 Å². The first-order valence-electron chi connectivity index (χ1n) is 7.38. The zero-order chi connectivity index (χ0) is 13.4. The van der Waals surface area contributed by atoms with Gasteiger partial charge in [-0.05, 0) is 40.5 Å². The molecule has 3 nitrogen and oxygen atoms in total. The molecule has 1 aliphatic heterocycles. The average molecular weight is 252 g/mol. The number of amides is 1. The van der Waals surface area contributed by atoms with Crippen molar-refractivity contribution in [3.05, 3.63) is 0 Å². The molecule has 1 N–H and O–H groups in total. The third-order valence-electron chi connectivity index (χ3n) is 4.50. The van der Waals surface area contributed by atoms with Crippen LogP contribution in [0.5, 0.6) is 0 Å². The van der Waals surface area contributed by atoms with Crippen LogP contribution in [0.15, 0.2) is 0 Å². The predicted molar refractivity (Wildman–Crippen MR) is 74.4 cm³/mol. The second kappa shape index (κ2) is 4.84. The highest BCUT2D eigenvalue weighted by Crippen LogP contribution is 2.30.